The largest absolute Gasteiger partial charge is 0.481 e. The van der Waals surface area contributed by atoms with Gasteiger partial charge < -0.3 is 9.64 Å². The van der Waals surface area contributed by atoms with Crippen molar-refractivity contribution in [2.45, 2.75) is 24.2 Å². The van der Waals surface area contributed by atoms with Crippen molar-refractivity contribution in [2.75, 3.05) is 32.8 Å². The Morgan fingerprint density at radius 3 is 2.48 bits per heavy atom. The van der Waals surface area contributed by atoms with Crippen LogP contribution in [0.3, 0.4) is 0 Å². The fourth-order valence-electron chi connectivity index (χ4n) is 3.83. The Kier molecular flexibility index (Phi) is 5.56. The highest BCUT2D eigenvalue weighted by Gasteiger charge is 2.31. The van der Waals surface area contributed by atoms with Crippen molar-refractivity contribution in [3.05, 3.63) is 59.4 Å². The van der Waals surface area contributed by atoms with Gasteiger partial charge in [0.1, 0.15) is 0 Å². The molecule has 1 aliphatic heterocycles. The first kappa shape index (κ1) is 19.8. The zero-order valence-corrected chi connectivity index (χ0v) is 16.8. The lowest BCUT2D eigenvalue weighted by molar-refractivity contribution is -0.134. The summed E-state index contributed by atoms with van der Waals surface area (Å²) in [6.07, 6.45) is 2.99. The van der Waals surface area contributed by atoms with Crippen molar-refractivity contribution in [3.8, 4) is 5.75 Å². The number of para-hydroxylation sites is 1. The number of sulfonamides is 1. The molecule has 0 atom stereocenters. The molecule has 8 heteroatoms. The van der Waals surface area contributed by atoms with Gasteiger partial charge in [-0.2, -0.15) is 4.31 Å². The van der Waals surface area contributed by atoms with Gasteiger partial charge in [-0.05, 0) is 54.7 Å². The van der Waals surface area contributed by atoms with Crippen LogP contribution in [-0.4, -0.2) is 56.3 Å². The summed E-state index contributed by atoms with van der Waals surface area (Å²) in [6.45, 7) is 0.738. The third-order valence-corrected chi connectivity index (χ3v) is 7.38. The van der Waals surface area contributed by atoms with Crippen LogP contribution in [0.4, 0.5) is 4.39 Å². The van der Waals surface area contributed by atoms with E-state index in [0.29, 0.717) is 4.90 Å². The molecule has 1 saturated heterocycles. The average Bonchev–Trinajstić information content (AvgIpc) is 3.21. The smallest absolute Gasteiger partial charge is 0.260 e. The van der Waals surface area contributed by atoms with Gasteiger partial charge in [0.25, 0.3) is 5.91 Å². The number of hydrogen-bond acceptors (Lipinski definition) is 4. The highest BCUT2D eigenvalue weighted by Crippen LogP contribution is 2.26. The monoisotopic (exact) mass is 418 g/mol. The maximum Gasteiger partial charge on any atom is 0.260 e. The molecule has 154 valence electrons. The van der Waals surface area contributed by atoms with Crippen molar-refractivity contribution in [2.24, 2.45) is 0 Å². The van der Waals surface area contributed by atoms with E-state index in [0.717, 1.165) is 24.8 Å². The van der Waals surface area contributed by atoms with Crippen LogP contribution in [0.5, 0.6) is 5.75 Å². The van der Waals surface area contributed by atoms with E-state index in [1.54, 1.807) is 29.2 Å². The molecular formula is C21H23FN2O4S. The summed E-state index contributed by atoms with van der Waals surface area (Å²) in [5, 5.41) is 0. The van der Waals surface area contributed by atoms with Crippen molar-refractivity contribution in [1.29, 1.82) is 0 Å². The quantitative estimate of drug-likeness (QED) is 0.747. The fourth-order valence-corrected chi connectivity index (χ4v) is 5.30. The number of carbonyl (C=O) groups excluding carboxylic acids is 1. The number of rotatable bonds is 5. The molecule has 2 aromatic carbocycles. The second kappa shape index (κ2) is 8.12. The summed E-state index contributed by atoms with van der Waals surface area (Å²) >= 11 is 0. The molecule has 0 radical (unpaired) electrons. The second-order valence-electron chi connectivity index (χ2n) is 7.29. The zero-order valence-electron chi connectivity index (χ0n) is 16.0. The molecule has 0 aromatic heterocycles. The number of carbonyl (C=O) groups is 1. The van der Waals surface area contributed by atoms with E-state index in [-0.39, 0.29) is 44.4 Å². The maximum absolute atomic E-state index is 13.6. The Labute approximate surface area is 169 Å². The Balaban J connectivity index is 1.35. The number of fused-ring (bicyclic) bond motifs is 1. The van der Waals surface area contributed by atoms with E-state index in [1.165, 1.54) is 22.0 Å². The summed E-state index contributed by atoms with van der Waals surface area (Å²) in [7, 11) is -3.58. The van der Waals surface area contributed by atoms with Gasteiger partial charge in [-0.1, -0.05) is 18.2 Å². The van der Waals surface area contributed by atoms with Crippen LogP contribution in [0.1, 0.15) is 17.5 Å². The molecule has 0 spiro atoms. The Bertz CT molecular complexity index is 1020. The van der Waals surface area contributed by atoms with Gasteiger partial charge in [-0.25, -0.2) is 12.8 Å². The van der Waals surface area contributed by atoms with Gasteiger partial charge in [0.15, 0.2) is 18.2 Å². The first-order valence-electron chi connectivity index (χ1n) is 9.72. The van der Waals surface area contributed by atoms with Crippen LogP contribution in [0, 0.1) is 5.82 Å². The molecular weight excluding hydrogens is 395 g/mol. The first-order valence-corrected chi connectivity index (χ1v) is 11.2. The molecule has 0 bridgehead atoms. The van der Waals surface area contributed by atoms with Gasteiger partial charge in [-0.3, -0.25) is 4.79 Å². The topological polar surface area (TPSA) is 66.9 Å². The van der Waals surface area contributed by atoms with Crippen molar-refractivity contribution in [1.82, 2.24) is 9.21 Å². The van der Waals surface area contributed by atoms with Gasteiger partial charge in [-0.15, -0.1) is 0 Å². The van der Waals surface area contributed by atoms with Gasteiger partial charge >= 0.3 is 0 Å². The minimum Gasteiger partial charge on any atom is -0.481 e. The van der Waals surface area contributed by atoms with E-state index >= 15 is 0 Å². The van der Waals surface area contributed by atoms with Crippen molar-refractivity contribution < 1.29 is 22.3 Å². The molecule has 6 nitrogen and oxygen atoms in total. The Hall–Kier alpha value is -2.45. The summed E-state index contributed by atoms with van der Waals surface area (Å²) in [4.78, 5) is 14.2. The molecule has 1 amide bonds. The van der Waals surface area contributed by atoms with E-state index in [1.807, 2.05) is 6.07 Å². The predicted molar refractivity (Wildman–Crippen MR) is 106 cm³/mol. The number of nitrogens with zero attached hydrogens (tertiary/aromatic N) is 2. The predicted octanol–water partition coefficient (Wildman–Crippen LogP) is 2.23. The number of aryl methyl sites for hydroxylation is 2. The third kappa shape index (κ3) is 4.13. The molecule has 2 aromatic rings. The molecule has 0 saturated carbocycles. The van der Waals surface area contributed by atoms with Crippen molar-refractivity contribution >= 4 is 15.9 Å². The van der Waals surface area contributed by atoms with E-state index in [4.69, 9.17) is 4.74 Å². The Morgan fingerprint density at radius 1 is 1.00 bits per heavy atom. The van der Waals surface area contributed by atoms with Gasteiger partial charge in [0.2, 0.25) is 10.0 Å². The molecule has 29 heavy (non-hydrogen) atoms. The lowest BCUT2D eigenvalue weighted by Crippen LogP contribution is -2.51. The number of hydrogen-bond donors (Lipinski definition) is 0. The average molecular weight is 418 g/mol. The normalized spacial score (nSPS) is 17.2. The molecule has 0 N–H and O–H groups in total. The van der Waals surface area contributed by atoms with Gasteiger partial charge in [0, 0.05) is 26.2 Å². The zero-order chi connectivity index (χ0) is 20.4. The van der Waals surface area contributed by atoms with Crippen LogP contribution in [0.15, 0.2) is 47.4 Å². The lowest BCUT2D eigenvalue weighted by atomic mass is 10.1. The number of halogens is 1. The van der Waals surface area contributed by atoms with Crippen LogP contribution in [0.2, 0.25) is 0 Å². The van der Waals surface area contributed by atoms with E-state index in [2.05, 4.69) is 0 Å². The molecule has 1 fully saturated rings. The van der Waals surface area contributed by atoms with Crippen LogP contribution < -0.4 is 4.74 Å². The lowest BCUT2D eigenvalue weighted by Gasteiger charge is -2.34. The summed E-state index contributed by atoms with van der Waals surface area (Å²) in [5.74, 6) is -0.785. The molecule has 2 aliphatic rings. The molecule has 0 unspecified atom stereocenters. The summed E-state index contributed by atoms with van der Waals surface area (Å²) < 4.78 is 46.2. The number of amides is 1. The van der Waals surface area contributed by atoms with Crippen LogP contribution in [-0.2, 0) is 27.7 Å². The van der Waals surface area contributed by atoms with E-state index < -0.39 is 15.8 Å². The standard InChI is InChI=1S/C21H23FN2O4S/c22-19-6-1-2-7-20(19)28-15-21(25)23-10-12-24(13-11-23)29(26,27)18-9-8-16-4-3-5-17(16)14-18/h1-2,6-9,14H,3-5,10-13,15H2. The highest BCUT2D eigenvalue weighted by molar-refractivity contribution is 7.89. The molecule has 1 aliphatic carbocycles. The third-order valence-electron chi connectivity index (χ3n) is 5.49. The highest BCUT2D eigenvalue weighted by atomic mass is 32.2. The Morgan fingerprint density at radius 2 is 1.72 bits per heavy atom. The van der Waals surface area contributed by atoms with Crippen LogP contribution >= 0.6 is 0 Å². The minimum absolute atomic E-state index is 0.0265. The second-order valence-corrected chi connectivity index (χ2v) is 9.23. The van der Waals surface area contributed by atoms with Crippen LogP contribution in [0.25, 0.3) is 0 Å². The number of benzene rings is 2. The van der Waals surface area contributed by atoms with E-state index in [9.17, 15) is 17.6 Å². The first-order chi connectivity index (χ1) is 13.9. The fraction of sp³-hybridized carbons (Fsp3) is 0.381. The molecule has 1 heterocycles. The number of piperazine rings is 1. The maximum atomic E-state index is 13.6. The number of ether oxygens (including phenoxy) is 1. The summed E-state index contributed by atoms with van der Waals surface area (Å²) in [5.41, 5.74) is 2.35. The van der Waals surface area contributed by atoms with Gasteiger partial charge in [0.05, 0.1) is 4.90 Å². The van der Waals surface area contributed by atoms with Crippen molar-refractivity contribution in [3.63, 3.8) is 0 Å². The SMILES string of the molecule is O=C(COc1ccccc1F)N1CCN(S(=O)(=O)c2ccc3c(c2)CCC3)CC1. The minimum atomic E-state index is -3.58. The summed E-state index contributed by atoms with van der Waals surface area (Å²) in [6, 6.07) is 11.3. The molecule has 4 rings (SSSR count).